The van der Waals surface area contributed by atoms with Crippen LogP contribution in [0.3, 0.4) is 0 Å². The lowest BCUT2D eigenvalue weighted by Gasteiger charge is -2.00. The predicted octanol–water partition coefficient (Wildman–Crippen LogP) is 2.16. The van der Waals surface area contributed by atoms with E-state index in [0.717, 1.165) is 11.5 Å². The Morgan fingerprint density at radius 1 is 1.23 bits per heavy atom. The van der Waals surface area contributed by atoms with Gasteiger partial charge in [-0.3, -0.25) is 0 Å². The monoisotopic (exact) mass is 173 g/mol. The van der Waals surface area contributed by atoms with Crippen molar-refractivity contribution in [2.75, 3.05) is 5.32 Å². The Morgan fingerprint density at radius 2 is 2.00 bits per heavy atom. The van der Waals surface area contributed by atoms with Gasteiger partial charge >= 0.3 is 0 Å². The molecule has 0 aliphatic heterocycles. The second kappa shape index (κ2) is 3.31. The molecule has 3 nitrogen and oxygen atoms in total. The highest BCUT2D eigenvalue weighted by atomic mass is 15.1. The summed E-state index contributed by atoms with van der Waals surface area (Å²) in [5.74, 6) is 0.869. The molecule has 1 aromatic heterocycles. The van der Waals surface area contributed by atoms with Gasteiger partial charge in [-0.05, 0) is 12.1 Å². The molecule has 0 unspecified atom stereocenters. The summed E-state index contributed by atoms with van der Waals surface area (Å²) in [5, 5.41) is 3.19. The number of benzene rings is 1. The van der Waals surface area contributed by atoms with Crippen LogP contribution in [0.25, 0.3) is 0 Å². The third-order valence-electron chi connectivity index (χ3n) is 1.75. The fourth-order valence-corrected chi connectivity index (χ4v) is 1.15. The van der Waals surface area contributed by atoms with Crippen LogP contribution in [0.15, 0.2) is 42.9 Å². The number of rotatable bonds is 2. The third-order valence-corrected chi connectivity index (χ3v) is 1.75. The zero-order chi connectivity index (χ0) is 9.10. The van der Waals surface area contributed by atoms with E-state index >= 15 is 0 Å². The van der Waals surface area contributed by atoms with E-state index < -0.39 is 0 Å². The smallest absolute Gasteiger partial charge is 0.148 e. The van der Waals surface area contributed by atoms with E-state index in [1.165, 1.54) is 0 Å². The quantitative estimate of drug-likeness (QED) is 0.754. The van der Waals surface area contributed by atoms with Gasteiger partial charge in [0.15, 0.2) is 0 Å². The summed E-state index contributed by atoms with van der Waals surface area (Å²) in [6, 6.07) is 9.99. The summed E-state index contributed by atoms with van der Waals surface area (Å²) in [6.45, 7) is 0. The Morgan fingerprint density at radius 3 is 2.62 bits per heavy atom. The molecule has 0 fully saturated rings. The van der Waals surface area contributed by atoms with Gasteiger partial charge in [0.25, 0.3) is 0 Å². The van der Waals surface area contributed by atoms with Crippen molar-refractivity contribution in [2.24, 2.45) is 7.05 Å². The Bertz CT molecular complexity index is 378. The van der Waals surface area contributed by atoms with Crippen LogP contribution >= 0.6 is 0 Å². The molecule has 1 heterocycles. The van der Waals surface area contributed by atoms with Crippen molar-refractivity contribution in [1.29, 1.82) is 0 Å². The molecule has 1 N–H and O–H groups in total. The molecule has 0 aliphatic rings. The van der Waals surface area contributed by atoms with Crippen molar-refractivity contribution in [2.45, 2.75) is 0 Å². The lowest BCUT2D eigenvalue weighted by molar-refractivity contribution is 0.913. The molecular formula is C10H11N3. The highest BCUT2D eigenvalue weighted by Gasteiger charge is 1.94. The second-order valence-electron chi connectivity index (χ2n) is 2.92. The summed E-state index contributed by atoms with van der Waals surface area (Å²) in [7, 11) is 1.95. The largest absolute Gasteiger partial charge is 0.339 e. The predicted molar refractivity (Wildman–Crippen MR) is 52.9 cm³/mol. The average Bonchev–Trinajstić information content (AvgIpc) is 2.53. The van der Waals surface area contributed by atoms with Gasteiger partial charge in [-0.1, -0.05) is 18.2 Å². The molecule has 2 rings (SSSR count). The van der Waals surface area contributed by atoms with E-state index in [1.54, 1.807) is 6.33 Å². The van der Waals surface area contributed by atoms with Crippen molar-refractivity contribution in [3.05, 3.63) is 42.9 Å². The van der Waals surface area contributed by atoms with E-state index in [0.29, 0.717) is 0 Å². The molecule has 66 valence electrons. The highest BCUT2D eigenvalue weighted by molar-refractivity contribution is 5.54. The zero-order valence-electron chi connectivity index (χ0n) is 7.44. The first-order chi connectivity index (χ1) is 6.34. The number of nitrogens with zero attached hydrogens (tertiary/aromatic N) is 2. The third kappa shape index (κ3) is 1.87. The minimum absolute atomic E-state index is 0.869. The number of aromatic nitrogens is 2. The molecule has 0 bridgehead atoms. The number of para-hydroxylation sites is 1. The van der Waals surface area contributed by atoms with Gasteiger partial charge < -0.3 is 9.88 Å². The molecule has 0 aliphatic carbocycles. The van der Waals surface area contributed by atoms with E-state index in [-0.39, 0.29) is 0 Å². The maximum atomic E-state index is 4.16. The Hall–Kier alpha value is -1.77. The topological polar surface area (TPSA) is 29.9 Å². The van der Waals surface area contributed by atoms with Crippen LogP contribution in [-0.2, 0) is 7.05 Å². The molecular weight excluding hydrogens is 162 g/mol. The standard InChI is InChI=1S/C10H11N3/c1-13-7-10(11-8-13)12-9-5-3-2-4-6-9/h2-8,12H,1H3. The van der Waals surface area contributed by atoms with Crippen LogP contribution in [0.1, 0.15) is 0 Å². The van der Waals surface area contributed by atoms with Gasteiger partial charge in [-0.15, -0.1) is 0 Å². The minimum atomic E-state index is 0.869. The summed E-state index contributed by atoms with van der Waals surface area (Å²) >= 11 is 0. The van der Waals surface area contributed by atoms with Crippen molar-refractivity contribution < 1.29 is 0 Å². The van der Waals surface area contributed by atoms with E-state index in [1.807, 2.05) is 48.1 Å². The molecule has 0 amide bonds. The lowest BCUT2D eigenvalue weighted by Crippen LogP contribution is -1.88. The van der Waals surface area contributed by atoms with Gasteiger partial charge in [0.2, 0.25) is 0 Å². The molecule has 0 atom stereocenters. The number of anilines is 2. The fraction of sp³-hybridized carbons (Fsp3) is 0.100. The minimum Gasteiger partial charge on any atom is -0.339 e. The molecule has 0 saturated carbocycles. The summed E-state index contributed by atoms with van der Waals surface area (Å²) in [4.78, 5) is 4.16. The van der Waals surface area contributed by atoms with Gasteiger partial charge in [-0.25, -0.2) is 4.98 Å². The maximum absolute atomic E-state index is 4.16. The van der Waals surface area contributed by atoms with Crippen LogP contribution < -0.4 is 5.32 Å². The molecule has 13 heavy (non-hydrogen) atoms. The zero-order valence-corrected chi connectivity index (χ0v) is 7.44. The summed E-state index contributed by atoms with van der Waals surface area (Å²) in [5.41, 5.74) is 1.06. The van der Waals surface area contributed by atoms with Crippen molar-refractivity contribution in [1.82, 2.24) is 9.55 Å². The molecule has 0 radical (unpaired) electrons. The van der Waals surface area contributed by atoms with Gasteiger partial charge in [0.1, 0.15) is 5.82 Å². The van der Waals surface area contributed by atoms with Crippen molar-refractivity contribution in [3.8, 4) is 0 Å². The Balaban J connectivity index is 2.15. The van der Waals surface area contributed by atoms with Crippen LogP contribution in [0.2, 0.25) is 0 Å². The van der Waals surface area contributed by atoms with Crippen LogP contribution in [0.5, 0.6) is 0 Å². The van der Waals surface area contributed by atoms with E-state index in [9.17, 15) is 0 Å². The second-order valence-corrected chi connectivity index (χ2v) is 2.92. The SMILES string of the molecule is Cn1cnc(Nc2ccccc2)c1. The highest BCUT2D eigenvalue weighted by Crippen LogP contribution is 2.12. The van der Waals surface area contributed by atoms with Crippen LogP contribution in [0.4, 0.5) is 11.5 Å². The molecule has 0 saturated heterocycles. The first kappa shape index (κ1) is 7.86. The normalized spacial score (nSPS) is 9.92. The Labute approximate surface area is 77.0 Å². The average molecular weight is 173 g/mol. The molecule has 3 heteroatoms. The van der Waals surface area contributed by atoms with Crippen molar-refractivity contribution in [3.63, 3.8) is 0 Å². The van der Waals surface area contributed by atoms with Crippen molar-refractivity contribution >= 4 is 11.5 Å². The van der Waals surface area contributed by atoms with Gasteiger partial charge in [-0.2, -0.15) is 0 Å². The first-order valence-corrected chi connectivity index (χ1v) is 4.14. The molecule has 0 spiro atoms. The number of nitrogens with one attached hydrogen (secondary N) is 1. The summed E-state index contributed by atoms with van der Waals surface area (Å²) in [6.07, 6.45) is 3.71. The summed E-state index contributed by atoms with van der Waals surface area (Å²) < 4.78 is 1.91. The van der Waals surface area contributed by atoms with Crippen LogP contribution in [-0.4, -0.2) is 9.55 Å². The Kier molecular flexibility index (Phi) is 2.00. The van der Waals surface area contributed by atoms with E-state index in [4.69, 9.17) is 0 Å². The van der Waals surface area contributed by atoms with Gasteiger partial charge in [0, 0.05) is 18.9 Å². The molecule has 2 aromatic rings. The number of aryl methyl sites for hydroxylation is 1. The fourth-order valence-electron chi connectivity index (χ4n) is 1.15. The number of hydrogen-bond donors (Lipinski definition) is 1. The van der Waals surface area contributed by atoms with E-state index in [2.05, 4.69) is 10.3 Å². The number of hydrogen-bond acceptors (Lipinski definition) is 2. The van der Waals surface area contributed by atoms with Gasteiger partial charge in [0.05, 0.1) is 6.33 Å². The first-order valence-electron chi connectivity index (χ1n) is 4.14. The molecule has 1 aromatic carbocycles. The number of imidazole rings is 1. The van der Waals surface area contributed by atoms with Crippen LogP contribution in [0, 0.1) is 0 Å². The maximum Gasteiger partial charge on any atom is 0.148 e. The lowest BCUT2D eigenvalue weighted by atomic mass is 10.3.